The molecule has 0 heterocycles. The predicted molar refractivity (Wildman–Crippen MR) is 38.5 cm³/mol. The fraction of sp³-hybridized carbons (Fsp3) is 0.667. The maximum absolute atomic E-state index is 3.68. The predicted octanol–water partition coefficient (Wildman–Crippen LogP) is 2.88. The van der Waals surface area contributed by atoms with Crippen LogP contribution in [0.5, 0.6) is 0 Å². The van der Waals surface area contributed by atoms with Crippen molar-refractivity contribution in [1.82, 2.24) is 0 Å². The SMILES string of the molecule is Cl.[CH2-]CCCC.[CH3-].[Zn+2]. The van der Waals surface area contributed by atoms with E-state index in [2.05, 4.69) is 13.8 Å². The molecule has 0 unspecified atom stereocenters. The van der Waals surface area contributed by atoms with Gasteiger partial charge in [-0.15, -0.1) is 12.4 Å². The molecule has 0 aromatic carbocycles. The van der Waals surface area contributed by atoms with Crippen LogP contribution in [0.15, 0.2) is 0 Å². The van der Waals surface area contributed by atoms with Gasteiger partial charge in [-0.25, -0.2) is 0 Å². The van der Waals surface area contributed by atoms with Crippen molar-refractivity contribution in [2.24, 2.45) is 0 Å². The summed E-state index contributed by atoms with van der Waals surface area (Å²) in [4.78, 5) is 0. The van der Waals surface area contributed by atoms with Crippen LogP contribution in [-0.2, 0) is 19.5 Å². The van der Waals surface area contributed by atoms with Gasteiger partial charge in [-0.1, -0.05) is 19.8 Å². The molecule has 48 valence electrons. The molecule has 0 saturated heterocycles. The summed E-state index contributed by atoms with van der Waals surface area (Å²) in [5.74, 6) is 0. The minimum Gasteiger partial charge on any atom is -0.358 e. The molecule has 0 radical (unpaired) electrons. The first-order chi connectivity index (χ1) is 2.41. The monoisotopic (exact) mass is 186 g/mol. The zero-order chi connectivity index (χ0) is 4.12. The van der Waals surface area contributed by atoms with Crippen LogP contribution < -0.4 is 0 Å². The van der Waals surface area contributed by atoms with E-state index in [-0.39, 0.29) is 39.3 Å². The molecule has 0 rings (SSSR count). The average molecular weight is 188 g/mol. The van der Waals surface area contributed by atoms with E-state index >= 15 is 0 Å². The third-order valence-electron chi connectivity index (χ3n) is 0.604. The van der Waals surface area contributed by atoms with E-state index in [0.717, 1.165) is 6.42 Å². The summed E-state index contributed by atoms with van der Waals surface area (Å²) in [7, 11) is 0. The smallest absolute Gasteiger partial charge is 0.358 e. The Balaban J connectivity index is -0.0000000267. The Morgan fingerprint density at radius 3 is 1.75 bits per heavy atom. The molecule has 2 heteroatoms. The summed E-state index contributed by atoms with van der Waals surface area (Å²) in [5, 5.41) is 0. The maximum atomic E-state index is 3.68. The van der Waals surface area contributed by atoms with E-state index in [1.165, 1.54) is 12.8 Å². The summed E-state index contributed by atoms with van der Waals surface area (Å²) in [6.45, 7) is 5.85. The third kappa shape index (κ3) is 28.5. The standard InChI is InChI=1S/C5H11.CH3.ClH.Zn/c1-3-5-4-2;;;/h1,3-5H2,2H3;1H3;1H;/q2*-1;;+2. The molecule has 0 aromatic rings. The minimum atomic E-state index is 0. The van der Waals surface area contributed by atoms with E-state index < -0.39 is 0 Å². The second kappa shape index (κ2) is 24.7. The zero-order valence-electron chi connectivity index (χ0n) is 5.94. The van der Waals surface area contributed by atoms with Gasteiger partial charge in [0.05, 0.1) is 0 Å². The molecular formula is C6H15ClZn. The van der Waals surface area contributed by atoms with Crippen molar-refractivity contribution in [2.45, 2.75) is 26.2 Å². The first-order valence-electron chi connectivity index (χ1n) is 2.21. The Morgan fingerprint density at radius 1 is 1.38 bits per heavy atom. The number of hydrogen-bond acceptors (Lipinski definition) is 0. The average Bonchev–Trinajstić information content (AvgIpc) is 1.41. The van der Waals surface area contributed by atoms with E-state index in [1.54, 1.807) is 0 Å². The van der Waals surface area contributed by atoms with Gasteiger partial charge in [0, 0.05) is 0 Å². The van der Waals surface area contributed by atoms with Gasteiger partial charge < -0.3 is 14.4 Å². The van der Waals surface area contributed by atoms with Gasteiger partial charge in [0.1, 0.15) is 0 Å². The molecule has 0 atom stereocenters. The normalized spacial score (nSPS) is 5.25. The summed E-state index contributed by atoms with van der Waals surface area (Å²) >= 11 is 0. The van der Waals surface area contributed by atoms with E-state index in [1.807, 2.05) is 0 Å². The van der Waals surface area contributed by atoms with Crippen molar-refractivity contribution in [3.8, 4) is 0 Å². The summed E-state index contributed by atoms with van der Waals surface area (Å²) in [6, 6.07) is 0. The second-order valence-corrected chi connectivity index (χ2v) is 1.21. The molecule has 0 aliphatic carbocycles. The Kier molecular flexibility index (Phi) is 71.4. The molecule has 0 aromatic heterocycles. The Morgan fingerprint density at radius 2 is 1.75 bits per heavy atom. The van der Waals surface area contributed by atoms with Crippen molar-refractivity contribution >= 4 is 12.4 Å². The van der Waals surface area contributed by atoms with E-state index in [9.17, 15) is 0 Å². The molecule has 0 nitrogen and oxygen atoms in total. The molecule has 0 bridgehead atoms. The van der Waals surface area contributed by atoms with Crippen molar-refractivity contribution in [3.05, 3.63) is 14.4 Å². The fourth-order valence-electron chi connectivity index (χ4n) is 0.250. The molecule has 0 N–H and O–H groups in total. The Hall–Kier alpha value is 0.913. The Bertz CT molecular complexity index is 16.0. The molecule has 0 aliphatic rings. The molecule has 0 aliphatic heterocycles. The summed E-state index contributed by atoms with van der Waals surface area (Å²) in [6.07, 6.45) is 3.65. The van der Waals surface area contributed by atoms with Crippen molar-refractivity contribution < 1.29 is 19.5 Å². The molecule has 0 fully saturated rings. The van der Waals surface area contributed by atoms with Gasteiger partial charge in [-0.3, -0.25) is 0 Å². The van der Waals surface area contributed by atoms with Gasteiger partial charge >= 0.3 is 19.5 Å². The zero-order valence-corrected chi connectivity index (χ0v) is 9.73. The second-order valence-electron chi connectivity index (χ2n) is 1.21. The summed E-state index contributed by atoms with van der Waals surface area (Å²) in [5.41, 5.74) is 0. The van der Waals surface area contributed by atoms with Crippen LogP contribution in [0.4, 0.5) is 0 Å². The van der Waals surface area contributed by atoms with Crippen LogP contribution in [0.1, 0.15) is 26.2 Å². The van der Waals surface area contributed by atoms with Crippen molar-refractivity contribution in [2.75, 3.05) is 0 Å². The molecule has 8 heavy (non-hydrogen) atoms. The van der Waals surface area contributed by atoms with E-state index in [0.29, 0.717) is 0 Å². The van der Waals surface area contributed by atoms with Crippen molar-refractivity contribution in [3.63, 3.8) is 0 Å². The quantitative estimate of drug-likeness (QED) is 0.461. The number of rotatable bonds is 2. The molecule has 0 amide bonds. The van der Waals surface area contributed by atoms with E-state index in [4.69, 9.17) is 0 Å². The Labute approximate surface area is 72.6 Å². The van der Waals surface area contributed by atoms with Gasteiger partial charge in [0.2, 0.25) is 0 Å². The van der Waals surface area contributed by atoms with Crippen LogP contribution in [0, 0.1) is 14.4 Å². The molecule has 0 saturated carbocycles. The van der Waals surface area contributed by atoms with Gasteiger partial charge in [-0.05, 0) is 0 Å². The van der Waals surface area contributed by atoms with Gasteiger partial charge in [-0.2, -0.15) is 6.42 Å². The maximum Gasteiger partial charge on any atom is 2.00 e. The number of halogens is 1. The number of hydrogen-bond donors (Lipinski definition) is 0. The largest absolute Gasteiger partial charge is 2.00 e. The number of unbranched alkanes of at least 4 members (excludes halogenated alkanes) is 2. The van der Waals surface area contributed by atoms with Crippen LogP contribution in [0.3, 0.4) is 0 Å². The van der Waals surface area contributed by atoms with Crippen LogP contribution in [0.2, 0.25) is 0 Å². The van der Waals surface area contributed by atoms with Crippen LogP contribution in [0.25, 0.3) is 0 Å². The first kappa shape index (κ1) is 23.1. The third-order valence-corrected chi connectivity index (χ3v) is 0.604. The van der Waals surface area contributed by atoms with Gasteiger partial charge in [0.25, 0.3) is 0 Å². The fourth-order valence-corrected chi connectivity index (χ4v) is 0.250. The van der Waals surface area contributed by atoms with Gasteiger partial charge in [0.15, 0.2) is 0 Å². The first-order valence-corrected chi connectivity index (χ1v) is 2.21. The minimum absolute atomic E-state index is 0. The molecule has 0 spiro atoms. The topological polar surface area (TPSA) is 0 Å². The molecular weight excluding hydrogens is 173 g/mol. The summed E-state index contributed by atoms with van der Waals surface area (Å²) < 4.78 is 0. The van der Waals surface area contributed by atoms with Crippen LogP contribution >= 0.6 is 12.4 Å². The van der Waals surface area contributed by atoms with Crippen molar-refractivity contribution in [1.29, 1.82) is 0 Å². The van der Waals surface area contributed by atoms with Crippen LogP contribution in [-0.4, -0.2) is 0 Å².